The molecule has 8 heteroatoms. The summed E-state index contributed by atoms with van der Waals surface area (Å²) in [6, 6.07) is 4.50. The second kappa shape index (κ2) is 4.62. The van der Waals surface area contributed by atoms with Gasteiger partial charge in [0.1, 0.15) is 9.23 Å². The van der Waals surface area contributed by atoms with Gasteiger partial charge in [0.2, 0.25) is 8.87 Å². The molecule has 2 rings (SSSR count). The van der Waals surface area contributed by atoms with E-state index in [9.17, 15) is 8.42 Å². The van der Waals surface area contributed by atoms with E-state index in [0.29, 0.717) is 20.2 Å². The van der Waals surface area contributed by atoms with Gasteiger partial charge in [-0.2, -0.15) is 0 Å². The number of thiophene rings is 1. The van der Waals surface area contributed by atoms with Crippen LogP contribution in [0, 0.1) is 0 Å². The molecule has 0 unspecified atom stereocenters. The number of halogens is 2. The highest BCUT2D eigenvalue weighted by atomic mass is 35.5. The van der Waals surface area contributed by atoms with Gasteiger partial charge in [-0.15, -0.1) is 11.3 Å². The molecule has 16 heavy (non-hydrogen) atoms. The summed E-state index contributed by atoms with van der Waals surface area (Å²) in [6.45, 7) is 0. The van der Waals surface area contributed by atoms with Crippen LogP contribution >= 0.6 is 45.3 Å². The minimum Gasteiger partial charge on any atom is -0.457 e. The Morgan fingerprint density at radius 3 is 2.62 bits per heavy atom. The summed E-state index contributed by atoms with van der Waals surface area (Å²) in [5.41, 5.74) is 0. The summed E-state index contributed by atoms with van der Waals surface area (Å²) in [5.74, 6) is 0. The van der Waals surface area contributed by atoms with Crippen molar-refractivity contribution in [1.29, 1.82) is 0 Å². The van der Waals surface area contributed by atoms with Crippen molar-refractivity contribution in [1.82, 2.24) is 0 Å². The number of hydrogen-bond donors (Lipinski definition) is 0. The van der Waals surface area contributed by atoms with Crippen molar-refractivity contribution >= 4 is 54.2 Å². The monoisotopic (exact) mass is 314 g/mol. The van der Waals surface area contributed by atoms with Crippen molar-refractivity contribution in [2.24, 2.45) is 0 Å². The van der Waals surface area contributed by atoms with Crippen LogP contribution in [0.25, 0.3) is 0 Å². The molecule has 2 aromatic heterocycles. The molecule has 0 bridgehead atoms. The highest BCUT2D eigenvalue weighted by Gasteiger charge is 2.23. The minimum absolute atomic E-state index is 0.0190. The van der Waals surface area contributed by atoms with Crippen molar-refractivity contribution < 1.29 is 12.8 Å². The van der Waals surface area contributed by atoms with E-state index < -0.39 is 8.87 Å². The molecule has 0 saturated heterocycles. The molecule has 2 heterocycles. The van der Waals surface area contributed by atoms with E-state index in [1.54, 1.807) is 12.1 Å². The van der Waals surface area contributed by atoms with Gasteiger partial charge in [0.25, 0.3) is 0 Å². The van der Waals surface area contributed by atoms with Crippen molar-refractivity contribution in [3.8, 4) is 0 Å². The van der Waals surface area contributed by atoms with Gasteiger partial charge in [-0.25, -0.2) is 8.42 Å². The molecular formula is C8H4Cl2O3S3. The predicted octanol–water partition coefficient (Wildman–Crippen LogP) is 4.13. The summed E-state index contributed by atoms with van der Waals surface area (Å²) in [5, 5.41) is 0.290. The molecule has 0 radical (unpaired) electrons. The Bertz CT molecular complexity index is 586. The zero-order valence-electron chi connectivity index (χ0n) is 7.51. The number of hydrogen-bond acceptors (Lipinski definition) is 5. The molecule has 0 spiro atoms. The maximum absolute atomic E-state index is 11.9. The largest absolute Gasteiger partial charge is 0.457 e. The predicted molar refractivity (Wildman–Crippen MR) is 66.1 cm³/mol. The Balaban J connectivity index is 2.36. The van der Waals surface area contributed by atoms with Crippen LogP contribution in [0.3, 0.4) is 0 Å². The van der Waals surface area contributed by atoms with Crippen LogP contribution in [0.4, 0.5) is 0 Å². The minimum atomic E-state index is -3.58. The second-order valence-electron chi connectivity index (χ2n) is 2.66. The molecule has 0 aromatic carbocycles. The van der Waals surface area contributed by atoms with Gasteiger partial charge in [-0.05, 0) is 18.2 Å². The SMILES string of the molecule is O=S(=O)(Sc1ccco1)c1cc(Cl)sc1Cl. The van der Waals surface area contributed by atoms with E-state index in [1.807, 2.05) is 0 Å². The van der Waals surface area contributed by atoms with Gasteiger partial charge >= 0.3 is 0 Å². The van der Waals surface area contributed by atoms with Gasteiger partial charge in [0.05, 0.1) is 10.6 Å². The van der Waals surface area contributed by atoms with E-state index in [2.05, 4.69) is 0 Å². The zero-order valence-corrected chi connectivity index (χ0v) is 11.5. The first-order valence-corrected chi connectivity index (χ1v) is 8.31. The average Bonchev–Trinajstić information content (AvgIpc) is 2.75. The average molecular weight is 315 g/mol. The smallest absolute Gasteiger partial charge is 0.239 e. The van der Waals surface area contributed by atoms with E-state index in [-0.39, 0.29) is 9.23 Å². The standard InChI is InChI=1S/C8H4Cl2O3S3/c9-6-4-5(8(10)14-6)16(11,12)15-7-2-1-3-13-7/h1-4H. The fourth-order valence-electron chi connectivity index (χ4n) is 0.960. The molecule has 2 aromatic rings. The van der Waals surface area contributed by atoms with Crippen LogP contribution in [0.5, 0.6) is 0 Å². The van der Waals surface area contributed by atoms with Gasteiger partial charge in [-0.3, -0.25) is 0 Å². The molecule has 86 valence electrons. The van der Waals surface area contributed by atoms with Gasteiger partial charge in [0.15, 0.2) is 5.09 Å². The van der Waals surface area contributed by atoms with Crippen molar-refractivity contribution in [3.05, 3.63) is 33.1 Å². The van der Waals surface area contributed by atoms with E-state index in [1.165, 1.54) is 12.3 Å². The summed E-state index contributed by atoms with van der Waals surface area (Å²) in [4.78, 5) is 0.0190. The number of rotatable bonds is 3. The normalized spacial score (nSPS) is 11.9. The Morgan fingerprint density at radius 1 is 1.38 bits per heavy atom. The first kappa shape index (κ1) is 12.3. The van der Waals surface area contributed by atoms with Crippen LogP contribution in [0.15, 0.2) is 38.9 Å². The topological polar surface area (TPSA) is 47.3 Å². The third-order valence-corrected chi connectivity index (χ3v) is 6.48. The quantitative estimate of drug-likeness (QED) is 0.799. The molecule has 0 aliphatic rings. The lowest BCUT2D eigenvalue weighted by Gasteiger charge is -1.98. The molecule has 0 atom stereocenters. The molecule has 0 fully saturated rings. The van der Waals surface area contributed by atoms with E-state index in [0.717, 1.165) is 11.3 Å². The molecular weight excluding hydrogens is 311 g/mol. The Labute approximate surface area is 110 Å². The van der Waals surface area contributed by atoms with Gasteiger partial charge in [-0.1, -0.05) is 23.2 Å². The van der Waals surface area contributed by atoms with Gasteiger partial charge in [0, 0.05) is 10.8 Å². The molecule has 0 saturated carbocycles. The maximum Gasteiger partial charge on any atom is 0.239 e. The maximum atomic E-state index is 11.9. The zero-order chi connectivity index (χ0) is 11.8. The summed E-state index contributed by atoms with van der Waals surface area (Å²) in [6.07, 6.45) is 1.40. The third-order valence-electron chi connectivity index (χ3n) is 1.58. The lowest BCUT2D eigenvalue weighted by Crippen LogP contribution is -1.92. The van der Waals surface area contributed by atoms with Crippen LogP contribution in [0.1, 0.15) is 0 Å². The van der Waals surface area contributed by atoms with Crippen LogP contribution in [-0.4, -0.2) is 8.42 Å². The molecule has 0 amide bonds. The van der Waals surface area contributed by atoms with Gasteiger partial charge < -0.3 is 4.42 Å². The third kappa shape index (κ3) is 2.57. The Kier molecular flexibility index (Phi) is 3.56. The fraction of sp³-hybridized carbons (Fsp3) is 0. The lowest BCUT2D eigenvalue weighted by atomic mass is 10.7. The van der Waals surface area contributed by atoms with Crippen molar-refractivity contribution in [3.63, 3.8) is 0 Å². The summed E-state index contributed by atoms with van der Waals surface area (Å²) < 4.78 is 29.2. The first-order chi connectivity index (χ1) is 7.49. The van der Waals surface area contributed by atoms with E-state index in [4.69, 9.17) is 27.6 Å². The second-order valence-corrected chi connectivity index (χ2v) is 8.68. The van der Waals surface area contributed by atoms with Crippen LogP contribution in [0.2, 0.25) is 8.67 Å². The molecule has 0 aliphatic heterocycles. The first-order valence-electron chi connectivity index (χ1n) is 3.92. The van der Waals surface area contributed by atoms with Crippen LogP contribution in [-0.2, 0) is 8.87 Å². The fourth-order valence-corrected chi connectivity index (χ4v) is 6.01. The summed E-state index contributed by atoms with van der Waals surface area (Å²) in [7, 11) is -2.97. The van der Waals surface area contributed by atoms with Crippen molar-refractivity contribution in [2.45, 2.75) is 9.99 Å². The Morgan fingerprint density at radius 2 is 2.12 bits per heavy atom. The highest BCUT2D eigenvalue weighted by Crippen LogP contribution is 2.40. The number of furan rings is 1. The van der Waals surface area contributed by atoms with Crippen LogP contribution < -0.4 is 0 Å². The molecule has 0 aliphatic carbocycles. The summed E-state index contributed by atoms with van der Waals surface area (Å²) >= 11 is 12.5. The molecule has 0 N–H and O–H groups in total. The highest BCUT2D eigenvalue weighted by molar-refractivity contribution is 8.72. The molecule has 3 nitrogen and oxygen atoms in total. The van der Waals surface area contributed by atoms with E-state index >= 15 is 0 Å². The van der Waals surface area contributed by atoms with Crippen molar-refractivity contribution in [2.75, 3.05) is 0 Å². The lowest BCUT2D eigenvalue weighted by molar-refractivity contribution is 0.475. The Hall–Kier alpha value is -0.140.